The molecule has 1 aliphatic carbocycles. The summed E-state index contributed by atoms with van der Waals surface area (Å²) in [7, 11) is 0. The molecule has 1 aliphatic rings. The highest BCUT2D eigenvalue weighted by atomic mass is 35.5. The molecule has 0 unspecified atom stereocenters. The number of imidazole rings is 1. The van der Waals surface area contributed by atoms with Gasteiger partial charge >= 0.3 is 5.69 Å². The minimum Gasteiger partial charge on any atom is -0.289 e. The number of hydrogen-bond acceptors (Lipinski definition) is 1. The summed E-state index contributed by atoms with van der Waals surface area (Å²) in [6.07, 6.45) is 4.55. The molecule has 2 aromatic carbocycles. The molecule has 0 amide bonds. The number of hydrogen-bond donors (Lipinski definition) is 0. The zero-order chi connectivity index (χ0) is 15.1. The molecule has 0 saturated heterocycles. The van der Waals surface area contributed by atoms with Crippen LogP contribution >= 0.6 is 11.6 Å². The van der Waals surface area contributed by atoms with Crippen LogP contribution < -0.4 is 5.69 Å². The minimum absolute atomic E-state index is 0.0374. The van der Waals surface area contributed by atoms with Crippen molar-refractivity contribution in [2.45, 2.75) is 31.7 Å². The second kappa shape index (κ2) is 5.33. The quantitative estimate of drug-likeness (QED) is 0.681. The fourth-order valence-corrected chi connectivity index (χ4v) is 3.70. The Morgan fingerprint density at radius 2 is 1.68 bits per heavy atom. The Kier molecular flexibility index (Phi) is 3.30. The van der Waals surface area contributed by atoms with Crippen molar-refractivity contribution in [2.75, 3.05) is 0 Å². The first-order chi connectivity index (χ1) is 10.8. The summed E-state index contributed by atoms with van der Waals surface area (Å²) in [4.78, 5) is 13.1. The summed E-state index contributed by atoms with van der Waals surface area (Å²) < 4.78 is 3.74. The van der Waals surface area contributed by atoms with Crippen LogP contribution in [-0.4, -0.2) is 9.13 Å². The van der Waals surface area contributed by atoms with Crippen LogP contribution in [0.2, 0.25) is 5.02 Å². The first-order valence-corrected chi connectivity index (χ1v) is 8.11. The van der Waals surface area contributed by atoms with Crippen LogP contribution in [0, 0.1) is 0 Å². The van der Waals surface area contributed by atoms with Crippen LogP contribution in [0.1, 0.15) is 31.7 Å². The molecule has 4 rings (SSSR count). The molecule has 112 valence electrons. The van der Waals surface area contributed by atoms with Gasteiger partial charge in [-0.15, -0.1) is 0 Å². The van der Waals surface area contributed by atoms with Gasteiger partial charge in [0.25, 0.3) is 0 Å². The molecule has 0 spiro atoms. The van der Waals surface area contributed by atoms with E-state index in [-0.39, 0.29) is 5.69 Å². The Balaban J connectivity index is 2.05. The van der Waals surface area contributed by atoms with E-state index >= 15 is 0 Å². The first-order valence-electron chi connectivity index (χ1n) is 7.73. The summed E-state index contributed by atoms with van der Waals surface area (Å²) in [6, 6.07) is 15.8. The van der Waals surface area contributed by atoms with E-state index < -0.39 is 0 Å². The van der Waals surface area contributed by atoms with E-state index in [0.29, 0.717) is 11.1 Å². The zero-order valence-corrected chi connectivity index (χ0v) is 13.0. The Labute approximate surface area is 133 Å². The van der Waals surface area contributed by atoms with Crippen molar-refractivity contribution in [1.29, 1.82) is 0 Å². The van der Waals surface area contributed by atoms with E-state index in [1.54, 1.807) is 4.57 Å². The average Bonchev–Trinajstić information content (AvgIpc) is 3.13. The molecule has 3 nitrogen and oxygen atoms in total. The fraction of sp³-hybridized carbons (Fsp3) is 0.278. The van der Waals surface area contributed by atoms with Crippen molar-refractivity contribution in [3.05, 3.63) is 64.0 Å². The van der Waals surface area contributed by atoms with Crippen LogP contribution in [-0.2, 0) is 0 Å². The van der Waals surface area contributed by atoms with Crippen LogP contribution in [0.15, 0.2) is 53.3 Å². The van der Waals surface area contributed by atoms with Crippen LogP contribution in [0.25, 0.3) is 16.7 Å². The standard InChI is InChI=1S/C18H17ClN2O/c19-13-10-11-16-17(12-13)21(15-6-2-1-3-7-15)18(22)20(16)14-8-4-5-9-14/h1-3,6-7,10-12,14H,4-5,8-9H2. The predicted octanol–water partition coefficient (Wildman–Crippen LogP) is 4.56. The Morgan fingerprint density at radius 1 is 0.955 bits per heavy atom. The lowest BCUT2D eigenvalue weighted by Crippen LogP contribution is -2.25. The number of para-hydroxylation sites is 1. The predicted molar refractivity (Wildman–Crippen MR) is 90.1 cm³/mol. The summed E-state index contributed by atoms with van der Waals surface area (Å²) >= 11 is 6.17. The van der Waals surface area contributed by atoms with Crippen LogP contribution in [0.3, 0.4) is 0 Å². The number of nitrogens with zero attached hydrogens (tertiary/aromatic N) is 2. The van der Waals surface area contributed by atoms with Gasteiger partial charge in [-0.3, -0.25) is 9.13 Å². The van der Waals surface area contributed by atoms with Gasteiger partial charge in [-0.05, 0) is 43.2 Å². The maximum Gasteiger partial charge on any atom is 0.333 e. The van der Waals surface area contributed by atoms with E-state index in [1.165, 1.54) is 12.8 Å². The summed E-state index contributed by atoms with van der Waals surface area (Å²) in [5.74, 6) is 0. The van der Waals surface area contributed by atoms with Gasteiger partial charge in [-0.2, -0.15) is 0 Å². The largest absolute Gasteiger partial charge is 0.333 e. The van der Waals surface area contributed by atoms with Gasteiger partial charge in [0.15, 0.2) is 0 Å². The van der Waals surface area contributed by atoms with Gasteiger partial charge in [0.05, 0.1) is 16.7 Å². The van der Waals surface area contributed by atoms with Gasteiger partial charge in [0.2, 0.25) is 0 Å². The SMILES string of the molecule is O=c1n(-c2ccccc2)c2cc(Cl)ccc2n1C1CCCC1. The highest BCUT2D eigenvalue weighted by Crippen LogP contribution is 2.32. The highest BCUT2D eigenvalue weighted by Gasteiger charge is 2.24. The molecule has 0 atom stereocenters. The molecular weight excluding hydrogens is 296 g/mol. The van der Waals surface area contributed by atoms with Gasteiger partial charge in [0, 0.05) is 11.1 Å². The molecular formula is C18H17ClN2O. The van der Waals surface area contributed by atoms with Crippen LogP contribution in [0.4, 0.5) is 0 Å². The number of aromatic nitrogens is 2. The Hall–Kier alpha value is -2.00. The maximum atomic E-state index is 13.1. The van der Waals surface area contributed by atoms with Gasteiger partial charge in [0.1, 0.15) is 0 Å². The molecule has 0 radical (unpaired) electrons. The highest BCUT2D eigenvalue weighted by molar-refractivity contribution is 6.31. The maximum absolute atomic E-state index is 13.1. The molecule has 1 fully saturated rings. The van der Waals surface area contributed by atoms with Crippen molar-refractivity contribution in [3.8, 4) is 5.69 Å². The van der Waals surface area contributed by atoms with Gasteiger partial charge < -0.3 is 0 Å². The Bertz CT molecular complexity index is 873. The topological polar surface area (TPSA) is 26.9 Å². The second-order valence-corrected chi connectivity index (χ2v) is 6.33. The number of benzene rings is 2. The van der Waals surface area contributed by atoms with E-state index in [1.807, 2.05) is 53.1 Å². The lowest BCUT2D eigenvalue weighted by molar-refractivity contribution is 0.513. The van der Waals surface area contributed by atoms with Crippen molar-refractivity contribution in [3.63, 3.8) is 0 Å². The van der Waals surface area contributed by atoms with Crippen molar-refractivity contribution < 1.29 is 0 Å². The van der Waals surface area contributed by atoms with Crippen molar-refractivity contribution in [2.24, 2.45) is 0 Å². The average molecular weight is 313 g/mol. The molecule has 1 saturated carbocycles. The molecule has 4 heteroatoms. The van der Waals surface area contributed by atoms with E-state index in [0.717, 1.165) is 29.6 Å². The van der Waals surface area contributed by atoms with Gasteiger partial charge in [-0.1, -0.05) is 42.6 Å². The van der Waals surface area contributed by atoms with Crippen molar-refractivity contribution in [1.82, 2.24) is 9.13 Å². The number of fused-ring (bicyclic) bond motifs is 1. The molecule has 22 heavy (non-hydrogen) atoms. The first kappa shape index (κ1) is 13.6. The van der Waals surface area contributed by atoms with Crippen molar-refractivity contribution >= 4 is 22.6 Å². The number of rotatable bonds is 2. The lowest BCUT2D eigenvalue weighted by atomic mass is 10.2. The zero-order valence-electron chi connectivity index (χ0n) is 12.2. The fourth-order valence-electron chi connectivity index (χ4n) is 3.54. The normalized spacial score (nSPS) is 15.7. The van der Waals surface area contributed by atoms with Crippen LogP contribution in [0.5, 0.6) is 0 Å². The van der Waals surface area contributed by atoms with E-state index in [2.05, 4.69) is 0 Å². The van der Waals surface area contributed by atoms with E-state index in [9.17, 15) is 4.79 Å². The van der Waals surface area contributed by atoms with Gasteiger partial charge in [-0.25, -0.2) is 4.79 Å². The monoisotopic (exact) mass is 312 g/mol. The molecule has 1 heterocycles. The molecule has 0 N–H and O–H groups in total. The third-order valence-electron chi connectivity index (χ3n) is 4.54. The third-order valence-corrected chi connectivity index (χ3v) is 4.77. The lowest BCUT2D eigenvalue weighted by Gasteiger charge is -2.10. The number of halogens is 1. The van der Waals surface area contributed by atoms with E-state index in [4.69, 9.17) is 11.6 Å². The summed E-state index contributed by atoms with van der Waals surface area (Å²) in [5.41, 5.74) is 2.78. The minimum atomic E-state index is 0.0374. The third kappa shape index (κ3) is 2.08. The summed E-state index contributed by atoms with van der Waals surface area (Å²) in [6.45, 7) is 0. The molecule has 1 aromatic heterocycles. The second-order valence-electron chi connectivity index (χ2n) is 5.89. The molecule has 3 aromatic rings. The summed E-state index contributed by atoms with van der Waals surface area (Å²) in [5, 5.41) is 0.653. The Morgan fingerprint density at radius 3 is 2.41 bits per heavy atom. The molecule has 0 aliphatic heterocycles. The smallest absolute Gasteiger partial charge is 0.289 e. The molecule has 0 bridgehead atoms.